The van der Waals surface area contributed by atoms with Crippen LogP contribution in [0.5, 0.6) is 5.88 Å². The summed E-state index contributed by atoms with van der Waals surface area (Å²) in [6.45, 7) is 5.17. The van der Waals surface area contributed by atoms with Gasteiger partial charge in [0, 0.05) is 18.6 Å². The van der Waals surface area contributed by atoms with Gasteiger partial charge < -0.3 is 9.47 Å². The first-order valence-corrected chi connectivity index (χ1v) is 10.2. The molecule has 0 amide bonds. The molecule has 162 valence electrons. The monoisotopic (exact) mass is 424 g/mol. The van der Waals surface area contributed by atoms with E-state index in [0.29, 0.717) is 28.9 Å². The van der Waals surface area contributed by atoms with Crippen molar-refractivity contribution in [3.8, 4) is 11.6 Å². The van der Waals surface area contributed by atoms with Gasteiger partial charge in [0.25, 0.3) is 0 Å². The van der Waals surface area contributed by atoms with Gasteiger partial charge in [0.05, 0.1) is 16.9 Å². The molecule has 7 heteroatoms. The molecule has 0 saturated carbocycles. The molecule has 6 nitrogen and oxygen atoms in total. The van der Waals surface area contributed by atoms with Crippen LogP contribution in [0.15, 0.2) is 54.6 Å². The van der Waals surface area contributed by atoms with Crippen LogP contribution in [-0.4, -0.2) is 21.7 Å². The maximum atomic E-state index is 13.3. The summed E-state index contributed by atoms with van der Waals surface area (Å²) in [5.41, 5.74) is 2.11. The lowest BCUT2D eigenvalue weighted by atomic mass is 9.98. The molecule has 1 atom stereocenters. The fraction of sp³-hybridized carbons (Fsp3) is 0.292. The molecule has 0 fully saturated rings. The van der Waals surface area contributed by atoms with Gasteiger partial charge in [-0.05, 0) is 50.1 Å². The average molecular weight is 424 g/mol. The Kier molecular flexibility index (Phi) is 7.18. The number of hydrogen-bond acceptors (Lipinski definition) is 5. The Morgan fingerprint density at radius 2 is 1.84 bits per heavy atom. The number of carbonyl (C=O) groups excluding carboxylic acids is 2. The standard InChI is InChI=1S/C24H25FN2O4/c1-4-5-10-22(30-17(3)28)20-8-6-7-9-21(20)24(29)31-23-15-16(2)26-27(23)19-13-11-18(25)12-14-19/h6-9,11-15,22H,4-5,10H2,1-3H3/t22-/m0/s1. The van der Waals surface area contributed by atoms with Crippen molar-refractivity contribution in [2.45, 2.75) is 46.1 Å². The topological polar surface area (TPSA) is 70.4 Å². The van der Waals surface area contributed by atoms with E-state index in [9.17, 15) is 14.0 Å². The lowest BCUT2D eigenvalue weighted by molar-refractivity contribution is -0.147. The molecule has 0 aliphatic heterocycles. The van der Waals surface area contributed by atoms with Crippen LogP contribution < -0.4 is 4.74 Å². The fourth-order valence-corrected chi connectivity index (χ4v) is 3.30. The summed E-state index contributed by atoms with van der Waals surface area (Å²) in [5, 5.41) is 4.34. The number of rotatable bonds is 8. The second-order valence-electron chi connectivity index (χ2n) is 7.23. The van der Waals surface area contributed by atoms with Crippen LogP contribution in [-0.2, 0) is 9.53 Å². The van der Waals surface area contributed by atoms with Crippen molar-refractivity contribution in [3.05, 3.63) is 77.2 Å². The Bertz CT molecular complexity index is 1060. The Morgan fingerprint density at radius 3 is 2.52 bits per heavy atom. The molecule has 0 aliphatic rings. The Hall–Kier alpha value is -3.48. The van der Waals surface area contributed by atoms with Crippen LogP contribution in [0.2, 0.25) is 0 Å². The lowest BCUT2D eigenvalue weighted by Gasteiger charge is -2.19. The summed E-state index contributed by atoms with van der Waals surface area (Å²) >= 11 is 0. The molecule has 0 bridgehead atoms. The second kappa shape index (κ2) is 10.0. The van der Waals surface area contributed by atoms with Crippen LogP contribution in [0.3, 0.4) is 0 Å². The molecule has 2 aromatic carbocycles. The number of aryl methyl sites for hydroxylation is 1. The molecular weight excluding hydrogens is 399 g/mol. The number of aromatic nitrogens is 2. The van der Waals surface area contributed by atoms with Crippen LogP contribution in [0.4, 0.5) is 4.39 Å². The highest BCUT2D eigenvalue weighted by Gasteiger charge is 2.23. The molecule has 0 spiro atoms. The number of nitrogens with zero attached hydrogens (tertiary/aromatic N) is 2. The zero-order valence-electron chi connectivity index (χ0n) is 17.8. The van der Waals surface area contributed by atoms with E-state index in [0.717, 1.165) is 12.8 Å². The maximum absolute atomic E-state index is 13.3. The molecule has 3 aromatic rings. The molecule has 1 aromatic heterocycles. The van der Waals surface area contributed by atoms with Gasteiger partial charge >= 0.3 is 11.9 Å². The predicted octanol–water partition coefficient (Wildman–Crippen LogP) is 5.33. The van der Waals surface area contributed by atoms with Crippen molar-refractivity contribution >= 4 is 11.9 Å². The van der Waals surface area contributed by atoms with Gasteiger partial charge in [-0.1, -0.05) is 31.5 Å². The average Bonchev–Trinajstić information content (AvgIpc) is 3.11. The van der Waals surface area contributed by atoms with Crippen molar-refractivity contribution in [2.75, 3.05) is 0 Å². The highest BCUT2D eigenvalue weighted by molar-refractivity contribution is 5.92. The Labute approximate surface area is 180 Å². The van der Waals surface area contributed by atoms with E-state index in [1.807, 2.05) is 6.92 Å². The van der Waals surface area contributed by atoms with Crippen LogP contribution in [0, 0.1) is 12.7 Å². The van der Waals surface area contributed by atoms with E-state index in [4.69, 9.17) is 9.47 Å². The molecule has 3 rings (SSSR count). The van der Waals surface area contributed by atoms with Gasteiger partial charge in [-0.3, -0.25) is 4.79 Å². The number of benzene rings is 2. The SMILES string of the molecule is CCCC[C@H](OC(C)=O)c1ccccc1C(=O)Oc1cc(C)nn1-c1ccc(F)cc1. The minimum atomic E-state index is -0.590. The van der Waals surface area contributed by atoms with Crippen molar-refractivity contribution in [2.24, 2.45) is 0 Å². The molecular formula is C24H25FN2O4. The maximum Gasteiger partial charge on any atom is 0.345 e. The third-order valence-corrected chi connectivity index (χ3v) is 4.72. The zero-order valence-corrected chi connectivity index (χ0v) is 17.8. The van der Waals surface area contributed by atoms with Crippen molar-refractivity contribution < 1.29 is 23.5 Å². The summed E-state index contributed by atoms with van der Waals surface area (Å²) in [5.74, 6) is -1.16. The van der Waals surface area contributed by atoms with Gasteiger partial charge in [0.1, 0.15) is 11.9 Å². The smallest absolute Gasteiger partial charge is 0.345 e. The number of unbranched alkanes of at least 4 members (excludes halogenated alkanes) is 1. The highest BCUT2D eigenvalue weighted by atomic mass is 19.1. The van der Waals surface area contributed by atoms with E-state index in [-0.39, 0.29) is 11.7 Å². The summed E-state index contributed by atoms with van der Waals surface area (Å²) in [6, 6.07) is 14.3. The van der Waals surface area contributed by atoms with Gasteiger partial charge in [0.15, 0.2) is 0 Å². The molecule has 0 N–H and O–H groups in total. The van der Waals surface area contributed by atoms with E-state index in [2.05, 4.69) is 5.10 Å². The third-order valence-electron chi connectivity index (χ3n) is 4.72. The first-order valence-electron chi connectivity index (χ1n) is 10.2. The minimum Gasteiger partial charge on any atom is -0.458 e. The molecule has 0 aliphatic carbocycles. The number of hydrogen-bond donors (Lipinski definition) is 0. The first-order chi connectivity index (χ1) is 14.9. The molecule has 0 unspecified atom stereocenters. The van der Waals surface area contributed by atoms with Crippen molar-refractivity contribution in [1.29, 1.82) is 0 Å². The Morgan fingerprint density at radius 1 is 1.13 bits per heavy atom. The van der Waals surface area contributed by atoms with E-state index < -0.39 is 18.0 Å². The largest absolute Gasteiger partial charge is 0.458 e. The summed E-state index contributed by atoms with van der Waals surface area (Å²) in [6.07, 6.45) is 1.84. The fourth-order valence-electron chi connectivity index (χ4n) is 3.30. The van der Waals surface area contributed by atoms with Crippen LogP contribution >= 0.6 is 0 Å². The van der Waals surface area contributed by atoms with Crippen molar-refractivity contribution in [1.82, 2.24) is 9.78 Å². The predicted molar refractivity (Wildman–Crippen MR) is 114 cm³/mol. The molecule has 0 radical (unpaired) electrons. The molecule has 1 heterocycles. The van der Waals surface area contributed by atoms with E-state index in [1.165, 1.54) is 23.7 Å². The summed E-state index contributed by atoms with van der Waals surface area (Å²) in [7, 11) is 0. The first kappa shape index (κ1) is 22.2. The third kappa shape index (κ3) is 5.57. The zero-order chi connectivity index (χ0) is 22.4. The number of carbonyl (C=O) groups is 2. The number of esters is 2. The summed E-state index contributed by atoms with van der Waals surface area (Å²) in [4.78, 5) is 24.7. The second-order valence-corrected chi connectivity index (χ2v) is 7.23. The number of ether oxygens (including phenoxy) is 2. The van der Waals surface area contributed by atoms with Crippen LogP contribution in [0.25, 0.3) is 5.69 Å². The molecule has 31 heavy (non-hydrogen) atoms. The quantitative estimate of drug-likeness (QED) is 0.457. The van der Waals surface area contributed by atoms with Crippen molar-refractivity contribution in [3.63, 3.8) is 0 Å². The highest BCUT2D eigenvalue weighted by Crippen LogP contribution is 2.28. The minimum absolute atomic E-state index is 0.210. The van der Waals surface area contributed by atoms with Gasteiger partial charge in [-0.15, -0.1) is 0 Å². The lowest BCUT2D eigenvalue weighted by Crippen LogP contribution is -2.17. The van der Waals surface area contributed by atoms with E-state index in [1.54, 1.807) is 49.4 Å². The number of halogens is 1. The van der Waals surface area contributed by atoms with Gasteiger partial charge in [0.2, 0.25) is 5.88 Å². The summed E-state index contributed by atoms with van der Waals surface area (Å²) < 4.78 is 25.9. The van der Waals surface area contributed by atoms with E-state index >= 15 is 0 Å². The Balaban J connectivity index is 1.91. The van der Waals surface area contributed by atoms with Gasteiger partial charge in [-0.25, -0.2) is 13.9 Å². The molecule has 0 saturated heterocycles. The van der Waals surface area contributed by atoms with Crippen LogP contribution in [0.1, 0.15) is 60.8 Å². The van der Waals surface area contributed by atoms with Gasteiger partial charge in [-0.2, -0.15) is 5.10 Å². The normalized spacial score (nSPS) is 11.7.